The van der Waals surface area contributed by atoms with E-state index >= 15 is 0 Å². The Bertz CT molecular complexity index is 814. The molecule has 4 N–H and O–H groups in total. The lowest BCUT2D eigenvalue weighted by molar-refractivity contribution is 0.239. The van der Waals surface area contributed by atoms with Crippen molar-refractivity contribution in [2.24, 2.45) is 0 Å². The fraction of sp³-hybridized carbons (Fsp3) is 0.0909. The smallest absolute Gasteiger partial charge is 0.245 e. The lowest BCUT2D eigenvalue weighted by atomic mass is 10.4. The molecule has 0 fully saturated rings. The summed E-state index contributed by atoms with van der Waals surface area (Å²) in [5.74, 6) is -2.24. The molecule has 0 saturated carbocycles. The second-order valence-electron chi connectivity index (χ2n) is 3.95. The molecule has 0 aliphatic carbocycles. The highest BCUT2D eigenvalue weighted by atomic mass is 35.5. The van der Waals surface area contributed by atoms with Crippen LogP contribution < -0.4 is 5.73 Å². The minimum atomic E-state index is -1.01. The topological polar surface area (TPSA) is 110 Å². The number of rotatable bonds is 2. The molecule has 3 aromatic heterocycles. The Morgan fingerprint density at radius 1 is 1.45 bits per heavy atom. The van der Waals surface area contributed by atoms with Crippen LogP contribution in [0.15, 0.2) is 16.7 Å². The Morgan fingerprint density at radius 3 is 2.85 bits per heavy atom. The van der Waals surface area contributed by atoms with Crippen LogP contribution in [0.5, 0.6) is 5.75 Å². The van der Waals surface area contributed by atoms with Gasteiger partial charge in [0.25, 0.3) is 0 Å². The number of nitrogens with two attached hydrogens (primary N) is 1. The van der Waals surface area contributed by atoms with E-state index in [9.17, 15) is 9.50 Å². The van der Waals surface area contributed by atoms with Crippen LogP contribution in [0.2, 0.25) is 5.28 Å². The summed E-state index contributed by atoms with van der Waals surface area (Å²) in [7, 11) is 0. The molecule has 0 aliphatic heterocycles. The number of anilines is 1. The SMILES string of the molecule is Nc1nc(Cl)nc2c1ccn2-c1oc(CO)c(O)c1F. The predicted octanol–water partition coefficient (Wildman–Crippen LogP) is 1.59. The van der Waals surface area contributed by atoms with Gasteiger partial charge in [-0.2, -0.15) is 9.37 Å². The van der Waals surface area contributed by atoms with Crippen molar-refractivity contribution in [1.29, 1.82) is 0 Å². The Kier molecular flexibility index (Phi) is 2.77. The average Bonchev–Trinajstić information content (AvgIpc) is 2.93. The van der Waals surface area contributed by atoms with Crippen molar-refractivity contribution in [3.63, 3.8) is 0 Å². The molecule has 0 spiro atoms. The molecule has 0 aliphatic rings. The number of hydrogen-bond acceptors (Lipinski definition) is 6. The van der Waals surface area contributed by atoms with Crippen LogP contribution in [0.1, 0.15) is 5.76 Å². The summed E-state index contributed by atoms with van der Waals surface area (Å²) in [6.45, 7) is -0.639. The van der Waals surface area contributed by atoms with Crippen LogP contribution in [0.4, 0.5) is 10.2 Å². The van der Waals surface area contributed by atoms with Gasteiger partial charge < -0.3 is 20.4 Å². The highest BCUT2D eigenvalue weighted by Gasteiger charge is 2.23. The molecule has 20 heavy (non-hydrogen) atoms. The van der Waals surface area contributed by atoms with E-state index in [1.807, 2.05) is 0 Å². The molecular formula is C11H8ClFN4O3. The van der Waals surface area contributed by atoms with E-state index in [4.69, 9.17) is 26.9 Å². The van der Waals surface area contributed by atoms with Gasteiger partial charge in [0.05, 0.1) is 5.39 Å². The highest BCUT2D eigenvalue weighted by molar-refractivity contribution is 6.28. The van der Waals surface area contributed by atoms with Gasteiger partial charge in [-0.05, 0) is 17.7 Å². The normalized spacial score (nSPS) is 11.3. The third-order valence-electron chi connectivity index (χ3n) is 2.79. The maximum atomic E-state index is 13.9. The molecule has 9 heteroatoms. The largest absolute Gasteiger partial charge is 0.502 e. The maximum absolute atomic E-state index is 13.9. The number of aromatic hydroxyl groups is 1. The van der Waals surface area contributed by atoms with Gasteiger partial charge in [0.1, 0.15) is 12.4 Å². The first-order chi connectivity index (χ1) is 9.52. The van der Waals surface area contributed by atoms with Crippen LogP contribution in [0.3, 0.4) is 0 Å². The molecule has 3 heterocycles. The Labute approximate surface area is 116 Å². The molecule has 0 bridgehead atoms. The van der Waals surface area contributed by atoms with Gasteiger partial charge in [-0.25, -0.2) is 4.98 Å². The molecule has 0 radical (unpaired) electrons. The van der Waals surface area contributed by atoms with Crippen LogP contribution in [0, 0.1) is 5.82 Å². The van der Waals surface area contributed by atoms with Gasteiger partial charge in [-0.15, -0.1) is 0 Å². The van der Waals surface area contributed by atoms with Crippen molar-refractivity contribution in [1.82, 2.24) is 14.5 Å². The Hall–Kier alpha value is -2.32. The minimum absolute atomic E-state index is 0.103. The first kappa shape index (κ1) is 12.7. The summed E-state index contributed by atoms with van der Waals surface area (Å²) < 4.78 is 20.2. The molecule has 3 rings (SSSR count). The van der Waals surface area contributed by atoms with Crippen molar-refractivity contribution in [2.45, 2.75) is 6.61 Å². The summed E-state index contributed by atoms with van der Waals surface area (Å²) in [5, 5.41) is 18.8. The summed E-state index contributed by atoms with van der Waals surface area (Å²) in [4.78, 5) is 7.72. The van der Waals surface area contributed by atoms with Gasteiger partial charge in [0.15, 0.2) is 17.2 Å². The standard InChI is InChI=1S/C11H8ClFN4O3/c12-11-15-8(14)4-1-2-17(9(4)16-11)10-6(13)7(19)5(3-18)20-10/h1-2,18-19H,3H2,(H2,14,15,16). The monoisotopic (exact) mass is 298 g/mol. The van der Waals surface area contributed by atoms with Gasteiger partial charge in [-0.3, -0.25) is 4.57 Å². The van der Waals surface area contributed by atoms with E-state index in [1.165, 1.54) is 10.8 Å². The number of nitrogen functional groups attached to an aromatic ring is 1. The van der Waals surface area contributed by atoms with Crippen LogP contribution in [-0.4, -0.2) is 24.7 Å². The second-order valence-corrected chi connectivity index (χ2v) is 4.29. The van der Waals surface area contributed by atoms with Gasteiger partial charge in [-0.1, -0.05) is 0 Å². The van der Waals surface area contributed by atoms with Crippen molar-refractivity contribution in [2.75, 3.05) is 5.73 Å². The molecule has 0 aromatic carbocycles. The van der Waals surface area contributed by atoms with E-state index in [0.717, 1.165) is 0 Å². The summed E-state index contributed by atoms with van der Waals surface area (Å²) in [5.41, 5.74) is 5.91. The van der Waals surface area contributed by atoms with Crippen molar-refractivity contribution in [3.8, 4) is 11.6 Å². The lowest BCUT2D eigenvalue weighted by Crippen LogP contribution is -1.98. The van der Waals surface area contributed by atoms with Gasteiger partial charge in [0, 0.05) is 6.20 Å². The average molecular weight is 299 g/mol. The number of aliphatic hydroxyl groups excluding tert-OH is 1. The minimum Gasteiger partial charge on any atom is -0.502 e. The zero-order chi connectivity index (χ0) is 14.4. The van der Waals surface area contributed by atoms with Crippen molar-refractivity contribution in [3.05, 3.63) is 29.1 Å². The van der Waals surface area contributed by atoms with Crippen molar-refractivity contribution >= 4 is 28.5 Å². The van der Waals surface area contributed by atoms with Gasteiger partial charge >= 0.3 is 0 Å². The molecule has 104 valence electrons. The Balaban J connectivity index is 2.30. The molecular weight excluding hydrogens is 291 g/mol. The first-order valence-electron chi connectivity index (χ1n) is 5.44. The Morgan fingerprint density at radius 2 is 2.20 bits per heavy atom. The van der Waals surface area contributed by atoms with Crippen molar-refractivity contribution < 1.29 is 19.0 Å². The van der Waals surface area contributed by atoms with Crippen LogP contribution in [-0.2, 0) is 6.61 Å². The van der Waals surface area contributed by atoms with E-state index in [1.54, 1.807) is 6.07 Å². The second kappa shape index (κ2) is 4.36. The number of nitrogens with zero attached hydrogens (tertiary/aromatic N) is 3. The highest BCUT2D eigenvalue weighted by Crippen LogP contribution is 2.33. The zero-order valence-corrected chi connectivity index (χ0v) is 10.6. The van der Waals surface area contributed by atoms with Crippen LogP contribution >= 0.6 is 11.6 Å². The number of fused-ring (bicyclic) bond motifs is 1. The van der Waals surface area contributed by atoms with Crippen LogP contribution in [0.25, 0.3) is 16.9 Å². The fourth-order valence-electron chi connectivity index (χ4n) is 1.87. The third-order valence-corrected chi connectivity index (χ3v) is 2.96. The number of aliphatic hydroxyl groups is 1. The van der Waals surface area contributed by atoms with E-state index in [-0.39, 0.29) is 28.4 Å². The van der Waals surface area contributed by atoms with Gasteiger partial charge in [0.2, 0.25) is 17.0 Å². The zero-order valence-electron chi connectivity index (χ0n) is 9.84. The summed E-state index contributed by atoms with van der Waals surface area (Å²) in [6, 6.07) is 1.55. The number of aromatic nitrogens is 3. The number of hydrogen-bond donors (Lipinski definition) is 3. The van der Waals surface area contributed by atoms with E-state index in [0.29, 0.717) is 5.39 Å². The first-order valence-corrected chi connectivity index (χ1v) is 5.82. The number of furan rings is 1. The third kappa shape index (κ3) is 1.69. The van der Waals surface area contributed by atoms with E-state index in [2.05, 4.69) is 9.97 Å². The predicted molar refractivity (Wildman–Crippen MR) is 68.1 cm³/mol. The molecule has 0 atom stereocenters. The molecule has 0 unspecified atom stereocenters. The molecule has 0 saturated heterocycles. The maximum Gasteiger partial charge on any atom is 0.245 e. The fourth-order valence-corrected chi connectivity index (χ4v) is 2.04. The molecule has 7 nitrogen and oxygen atoms in total. The quantitative estimate of drug-likeness (QED) is 0.620. The number of halogens is 2. The van der Waals surface area contributed by atoms with E-state index < -0.39 is 18.2 Å². The molecule has 3 aromatic rings. The summed E-state index contributed by atoms with van der Waals surface area (Å²) >= 11 is 5.71. The molecule has 0 amide bonds. The lowest BCUT2D eigenvalue weighted by Gasteiger charge is -2.01. The summed E-state index contributed by atoms with van der Waals surface area (Å²) in [6.07, 6.45) is 1.44.